The number of rotatable bonds is 7. The van der Waals surface area contributed by atoms with Crippen molar-refractivity contribution in [2.75, 3.05) is 0 Å². The first-order chi connectivity index (χ1) is 25.5. The van der Waals surface area contributed by atoms with Crippen LogP contribution in [0.5, 0.6) is 5.75 Å². The lowest BCUT2D eigenvalue weighted by atomic mass is 9.45. The van der Waals surface area contributed by atoms with E-state index in [1.165, 1.54) is 24.8 Å². The third kappa shape index (κ3) is 5.02. The van der Waals surface area contributed by atoms with E-state index in [4.69, 9.17) is 4.18 Å². The predicted molar refractivity (Wildman–Crippen MR) is 190 cm³/mol. The Labute approximate surface area is 315 Å². The zero-order chi connectivity index (χ0) is 37.3. The molecule has 12 heteroatoms. The van der Waals surface area contributed by atoms with Gasteiger partial charge in [-0.1, -0.05) is 12.1 Å². The molecule has 0 spiro atoms. The van der Waals surface area contributed by atoms with Gasteiger partial charge in [0, 0.05) is 0 Å². The second-order valence-electron chi connectivity index (χ2n) is 20.4. The summed E-state index contributed by atoms with van der Waals surface area (Å²) in [5.74, 6) is -6.77. The number of benzene rings is 2. The van der Waals surface area contributed by atoms with Gasteiger partial charge in [-0.15, -0.1) is 0 Å². The Balaban J connectivity index is 1.16. The van der Waals surface area contributed by atoms with Gasteiger partial charge in [0.15, 0.2) is 16.5 Å². The van der Waals surface area contributed by atoms with E-state index in [0.29, 0.717) is 64.4 Å². The van der Waals surface area contributed by atoms with Crippen molar-refractivity contribution >= 4 is 20.2 Å². The second kappa shape index (κ2) is 11.3. The molecule has 292 valence electrons. The normalized spacial score (nSPS) is 42.6. The van der Waals surface area contributed by atoms with E-state index in [0.717, 1.165) is 96.3 Å². The van der Waals surface area contributed by atoms with Crippen LogP contribution >= 0.6 is 0 Å². The maximum Gasteiger partial charge on any atom is 0.340 e. The summed E-state index contributed by atoms with van der Waals surface area (Å²) in [5, 5.41) is 0. The molecule has 0 radical (unpaired) electrons. The lowest BCUT2D eigenvalue weighted by molar-refractivity contribution is -0.0138. The van der Waals surface area contributed by atoms with E-state index in [1.807, 2.05) is 0 Å². The molecule has 0 saturated heterocycles. The SMILES string of the molecule is O=S(=O)(O)c1c(F)c(F)c(OS(=O)(=O)c2c(C34CC5CC(CC(C5)C3)C4)cc(C34CC5CC(CC(C5)C3)C4)cc2C23CC4CC(CC(C4)C2)C3)c(F)c1F. The summed E-state index contributed by atoms with van der Waals surface area (Å²) < 4.78 is 130. The molecule has 12 aliphatic carbocycles. The summed E-state index contributed by atoms with van der Waals surface area (Å²) in [7, 11) is -10.9. The Bertz CT molecular complexity index is 2020. The van der Waals surface area contributed by atoms with E-state index in [2.05, 4.69) is 12.1 Å². The molecule has 0 heterocycles. The van der Waals surface area contributed by atoms with E-state index in [1.54, 1.807) is 0 Å². The Morgan fingerprint density at radius 1 is 0.481 bits per heavy atom. The Kier molecular flexibility index (Phi) is 7.31. The van der Waals surface area contributed by atoms with E-state index in [9.17, 15) is 13.0 Å². The minimum absolute atomic E-state index is 0.0674. The Morgan fingerprint density at radius 3 is 1.07 bits per heavy atom. The summed E-state index contributed by atoms with van der Waals surface area (Å²) in [5.41, 5.74) is 1.52. The molecule has 2 aromatic rings. The first-order valence-electron chi connectivity index (χ1n) is 20.5. The lowest BCUT2D eigenvalue weighted by Crippen LogP contribution is -2.52. The summed E-state index contributed by atoms with van der Waals surface area (Å²) in [6.45, 7) is 0. The van der Waals surface area contributed by atoms with Crippen LogP contribution in [-0.4, -0.2) is 21.4 Å². The highest BCUT2D eigenvalue weighted by atomic mass is 32.2. The van der Waals surface area contributed by atoms with Crippen molar-refractivity contribution in [3.63, 3.8) is 0 Å². The van der Waals surface area contributed by atoms with Crippen LogP contribution < -0.4 is 4.18 Å². The first-order valence-corrected chi connectivity index (χ1v) is 23.3. The van der Waals surface area contributed by atoms with Gasteiger partial charge in [-0.3, -0.25) is 4.55 Å². The molecular formula is C42H48F4O6S2. The fraction of sp³-hybridized carbons (Fsp3) is 0.714. The molecule has 54 heavy (non-hydrogen) atoms. The van der Waals surface area contributed by atoms with Crippen molar-refractivity contribution in [1.29, 1.82) is 0 Å². The number of hydrogen-bond donors (Lipinski definition) is 1. The van der Waals surface area contributed by atoms with Gasteiger partial charge in [-0.25, -0.2) is 8.78 Å². The van der Waals surface area contributed by atoms with Crippen LogP contribution in [0.4, 0.5) is 17.6 Å². The molecular weight excluding hydrogens is 741 g/mol. The van der Waals surface area contributed by atoms with Crippen LogP contribution in [0.2, 0.25) is 0 Å². The molecule has 6 nitrogen and oxygen atoms in total. The molecule has 1 N–H and O–H groups in total. The Hall–Kier alpha value is -2.18. The molecule has 0 amide bonds. The van der Waals surface area contributed by atoms with Crippen molar-refractivity contribution < 1.29 is 43.1 Å². The highest BCUT2D eigenvalue weighted by molar-refractivity contribution is 7.87. The van der Waals surface area contributed by atoms with Crippen LogP contribution in [0.3, 0.4) is 0 Å². The van der Waals surface area contributed by atoms with Gasteiger partial charge in [0.05, 0.1) is 0 Å². The van der Waals surface area contributed by atoms with Gasteiger partial charge in [-0.05, 0) is 202 Å². The molecule has 12 saturated carbocycles. The maximum atomic E-state index is 15.6. The molecule has 14 rings (SSSR count). The van der Waals surface area contributed by atoms with Gasteiger partial charge in [0.25, 0.3) is 0 Å². The molecule has 2 aromatic carbocycles. The zero-order valence-electron chi connectivity index (χ0n) is 30.4. The average Bonchev–Trinajstić information content (AvgIpc) is 3.06. The molecule has 12 bridgehead atoms. The summed E-state index contributed by atoms with van der Waals surface area (Å²) in [6, 6.07) is 4.33. The minimum atomic E-state index is -5.75. The fourth-order valence-electron chi connectivity index (χ4n) is 16.4. The van der Waals surface area contributed by atoms with Crippen molar-refractivity contribution in [3.05, 3.63) is 52.1 Å². The van der Waals surface area contributed by atoms with Crippen LogP contribution in [-0.2, 0) is 36.5 Å². The van der Waals surface area contributed by atoms with Crippen LogP contribution in [0, 0.1) is 76.5 Å². The average molecular weight is 789 g/mol. The molecule has 0 unspecified atom stereocenters. The van der Waals surface area contributed by atoms with E-state index in [-0.39, 0.29) is 10.3 Å². The zero-order valence-corrected chi connectivity index (χ0v) is 32.0. The van der Waals surface area contributed by atoms with Crippen LogP contribution in [0.1, 0.15) is 132 Å². The highest BCUT2D eigenvalue weighted by Crippen LogP contribution is 2.67. The second-order valence-corrected chi connectivity index (χ2v) is 23.3. The summed E-state index contributed by atoms with van der Waals surface area (Å²) in [4.78, 5) is -2.30. The third-order valence-electron chi connectivity index (χ3n) is 16.8. The largest absolute Gasteiger partial charge is 0.372 e. The summed E-state index contributed by atoms with van der Waals surface area (Å²) in [6.07, 6.45) is 18.6. The van der Waals surface area contributed by atoms with E-state index < -0.39 is 65.0 Å². The fourth-order valence-corrected chi connectivity index (χ4v) is 18.6. The van der Waals surface area contributed by atoms with Crippen molar-refractivity contribution in [2.24, 2.45) is 53.3 Å². The van der Waals surface area contributed by atoms with Crippen LogP contribution in [0.25, 0.3) is 0 Å². The Morgan fingerprint density at radius 2 is 0.778 bits per heavy atom. The summed E-state index contributed by atoms with van der Waals surface area (Å²) >= 11 is 0. The van der Waals surface area contributed by atoms with Gasteiger partial charge < -0.3 is 4.18 Å². The van der Waals surface area contributed by atoms with Gasteiger partial charge >= 0.3 is 20.2 Å². The monoisotopic (exact) mass is 788 g/mol. The molecule has 0 atom stereocenters. The van der Waals surface area contributed by atoms with Gasteiger partial charge in [-0.2, -0.15) is 25.6 Å². The topological polar surface area (TPSA) is 97.7 Å². The van der Waals surface area contributed by atoms with Crippen LogP contribution in [0.15, 0.2) is 21.9 Å². The number of halogens is 4. The quantitative estimate of drug-likeness (QED) is 0.130. The predicted octanol–water partition coefficient (Wildman–Crippen LogP) is 9.66. The van der Waals surface area contributed by atoms with Crippen molar-refractivity contribution in [1.82, 2.24) is 0 Å². The third-order valence-corrected chi connectivity index (χ3v) is 19.0. The minimum Gasteiger partial charge on any atom is -0.372 e. The first kappa shape index (κ1) is 35.0. The van der Waals surface area contributed by atoms with Crippen molar-refractivity contribution in [2.45, 2.75) is 142 Å². The maximum absolute atomic E-state index is 15.6. The van der Waals surface area contributed by atoms with Gasteiger partial charge in [0.2, 0.25) is 17.4 Å². The van der Waals surface area contributed by atoms with Crippen molar-refractivity contribution in [3.8, 4) is 5.75 Å². The van der Waals surface area contributed by atoms with Gasteiger partial charge in [0.1, 0.15) is 4.90 Å². The molecule has 12 fully saturated rings. The smallest absolute Gasteiger partial charge is 0.340 e. The molecule has 0 aromatic heterocycles. The lowest BCUT2D eigenvalue weighted by Gasteiger charge is -2.60. The molecule has 0 aliphatic heterocycles. The van der Waals surface area contributed by atoms with E-state index >= 15 is 26.0 Å². The number of hydrogen-bond acceptors (Lipinski definition) is 5. The highest BCUT2D eigenvalue weighted by Gasteiger charge is 2.59. The molecule has 12 aliphatic rings. The standard InChI is InChI=1S/C42H48F4O6S2/c43-33-35(45)39(53(47,48)49)36(46)34(44)37(33)52-54(50,51)38-31(41-15-24-4-25(16-41)6-26(5-24)17-41)10-30(40-12-21-1-22(13-40)3-23(2-21)14-40)11-32(38)42-18-27-7-28(19-42)9-29(8-27)20-42/h10-11,21-29H,1-9,12-20H2,(H,47,48,49).